The summed E-state index contributed by atoms with van der Waals surface area (Å²) >= 11 is 0. The molecule has 0 aromatic carbocycles. The summed E-state index contributed by atoms with van der Waals surface area (Å²) in [5.41, 5.74) is 6.00. The highest BCUT2D eigenvalue weighted by molar-refractivity contribution is 5.81. The molecule has 17 heavy (non-hydrogen) atoms. The molecule has 2 N–H and O–H groups in total. The molecule has 1 aliphatic rings. The Bertz CT molecular complexity index is 240. The van der Waals surface area contributed by atoms with Gasteiger partial charge in [0.05, 0.1) is 12.6 Å². The Balaban J connectivity index is 2.50. The molecule has 4 heteroatoms. The molecule has 100 valence electrons. The van der Waals surface area contributed by atoms with Crippen LogP contribution >= 0.6 is 0 Å². The number of amides is 1. The largest absolute Gasteiger partial charge is 0.381 e. The van der Waals surface area contributed by atoms with E-state index in [9.17, 15) is 4.79 Å². The van der Waals surface area contributed by atoms with Crippen LogP contribution in [0.2, 0.25) is 0 Å². The molecule has 0 radical (unpaired) electrons. The predicted octanol–water partition coefficient (Wildman–Crippen LogP) is 1.24. The molecule has 1 amide bonds. The number of carbonyl (C=O) groups is 1. The maximum Gasteiger partial charge on any atom is 0.239 e. The minimum absolute atomic E-state index is 0.0914. The zero-order valence-corrected chi connectivity index (χ0v) is 11.3. The normalized spacial score (nSPS) is 23.4. The van der Waals surface area contributed by atoms with Gasteiger partial charge in [0, 0.05) is 25.6 Å². The molecule has 2 unspecified atom stereocenters. The van der Waals surface area contributed by atoms with Crippen LogP contribution in [0.15, 0.2) is 0 Å². The van der Waals surface area contributed by atoms with Crippen LogP contribution in [0.1, 0.15) is 33.6 Å². The smallest absolute Gasteiger partial charge is 0.239 e. The lowest BCUT2D eigenvalue weighted by Gasteiger charge is -2.28. The molecule has 1 aliphatic heterocycles. The van der Waals surface area contributed by atoms with Crippen molar-refractivity contribution in [2.75, 3.05) is 26.3 Å². The van der Waals surface area contributed by atoms with Crippen molar-refractivity contribution in [3.63, 3.8) is 0 Å². The summed E-state index contributed by atoms with van der Waals surface area (Å²) in [7, 11) is 0. The van der Waals surface area contributed by atoms with Gasteiger partial charge >= 0.3 is 0 Å². The fraction of sp³-hybridized carbons (Fsp3) is 0.923. The fourth-order valence-electron chi connectivity index (χ4n) is 2.12. The zero-order chi connectivity index (χ0) is 12.8. The SMILES string of the molecule is CCC(C)[C@H](N)C(=O)N(CC)CC1CCOC1. The van der Waals surface area contributed by atoms with Crippen molar-refractivity contribution in [1.29, 1.82) is 0 Å². The second-order valence-corrected chi connectivity index (χ2v) is 5.02. The summed E-state index contributed by atoms with van der Waals surface area (Å²) in [6, 6.07) is -0.359. The number of carbonyl (C=O) groups excluding carboxylic acids is 1. The lowest BCUT2D eigenvalue weighted by atomic mass is 9.98. The third-order valence-corrected chi connectivity index (χ3v) is 3.74. The van der Waals surface area contributed by atoms with Crippen LogP contribution in [-0.4, -0.2) is 43.2 Å². The molecule has 1 saturated heterocycles. The number of nitrogens with zero attached hydrogens (tertiary/aromatic N) is 1. The summed E-state index contributed by atoms with van der Waals surface area (Å²) in [5, 5.41) is 0. The van der Waals surface area contributed by atoms with E-state index in [0.29, 0.717) is 5.92 Å². The fourth-order valence-corrected chi connectivity index (χ4v) is 2.12. The van der Waals surface area contributed by atoms with Crippen molar-refractivity contribution in [3.8, 4) is 0 Å². The van der Waals surface area contributed by atoms with E-state index in [1.165, 1.54) is 0 Å². The molecule has 1 heterocycles. The second kappa shape index (κ2) is 6.97. The predicted molar refractivity (Wildman–Crippen MR) is 68.6 cm³/mol. The molecule has 0 bridgehead atoms. The molecular formula is C13H26N2O2. The monoisotopic (exact) mass is 242 g/mol. The van der Waals surface area contributed by atoms with Crippen LogP contribution in [0.3, 0.4) is 0 Å². The molecule has 3 atom stereocenters. The molecule has 0 aliphatic carbocycles. The van der Waals surface area contributed by atoms with Gasteiger partial charge in [-0.3, -0.25) is 4.79 Å². The molecule has 0 aromatic rings. The van der Waals surface area contributed by atoms with Gasteiger partial charge in [-0.1, -0.05) is 20.3 Å². The maximum atomic E-state index is 12.2. The summed E-state index contributed by atoms with van der Waals surface area (Å²) in [6.45, 7) is 9.25. The summed E-state index contributed by atoms with van der Waals surface area (Å²) in [6.07, 6.45) is 2.00. The van der Waals surface area contributed by atoms with Crippen LogP contribution in [-0.2, 0) is 9.53 Å². The quantitative estimate of drug-likeness (QED) is 0.762. The maximum absolute atomic E-state index is 12.2. The number of likely N-dealkylation sites (N-methyl/N-ethyl adjacent to an activating group) is 1. The van der Waals surface area contributed by atoms with Gasteiger partial charge in [0.25, 0.3) is 0 Å². The van der Waals surface area contributed by atoms with Crippen LogP contribution in [0.4, 0.5) is 0 Å². The molecule has 0 saturated carbocycles. The van der Waals surface area contributed by atoms with E-state index < -0.39 is 0 Å². The van der Waals surface area contributed by atoms with Gasteiger partial charge in [-0.05, 0) is 19.3 Å². The van der Waals surface area contributed by atoms with Gasteiger partial charge in [-0.2, -0.15) is 0 Å². The Morgan fingerprint density at radius 2 is 2.24 bits per heavy atom. The van der Waals surface area contributed by atoms with E-state index in [0.717, 1.165) is 39.1 Å². The van der Waals surface area contributed by atoms with E-state index in [4.69, 9.17) is 10.5 Å². The van der Waals surface area contributed by atoms with Gasteiger partial charge < -0.3 is 15.4 Å². The van der Waals surface area contributed by atoms with Crippen molar-refractivity contribution in [2.45, 2.75) is 39.7 Å². The second-order valence-electron chi connectivity index (χ2n) is 5.02. The Hall–Kier alpha value is -0.610. The lowest BCUT2D eigenvalue weighted by Crippen LogP contribution is -2.48. The summed E-state index contributed by atoms with van der Waals surface area (Å²) in [4.78, 5) is 14.1. The summed E-state index contributed by atoms with van der Waals surface area (Å²) in [5.74, 6) is 0.827. The Labute approximate surface area is 104 Å². The summed E-state index contributed by atoms with van der Waals surface area (Å²) < 4.78 is 5.34. The number of hydrogen-bond donors (Lipinski definition) is 1. The van der Waals surface area contributed by atoms with E-state index >= 15 is 0 Å². The highest BCUT2D eigenvalue weighted by Gasteiger charge is 2.27. The highest BCUT2D eigenvalue weighted by atomic mass is 16.5. The lowest BCUT2D eigenvalue weighted by molar-refractivity contribution is -0.134. The average molecular weight is 242 g/mol. The first-order valence-corrected chi connectivity index (χ1v) is 6.72. The van der Waals surface area contributed by atoms with Gasteiger partial charge in [0.1, 0.15) is 0 Å². The van der Waals surface area contributed by atoms with Gasteiger partial charge in [-0.15, -0.1) is 0 Å². The van der Waals surface area contributed by atoms with Crippen LogP contribution in [0.5, 0.6) is 0 Å². The average Bonchev–Trinajstić information content (AvgIpc) is 2.85. The number of nitrogens with two attached hydrogens (primary N) is 1. The Morgan fingerprint density at radius 3 is 2.71 bits per heavy atom. The third kappa shape index (κ3) is 3.96. The van der Waals surface area contributed by atoms with E-state index in [1.807, 2.05) is 18.7 Å². The van der Waals surface area contributed by atoms with Crippen LogP contribution < -0.4 is 5.73 Å². The first-order chi connectivity index (χ1) is 8.10. The van der Waals surface area contributed by atoms with Crippen molar-refractivity contribution < 1.29 is 9.53 Å². The molecule has 1 rings (SSSR count). The molecular weight excluding hydrogens is 216 g/mol. The number of ether oxygens (including phenoxy) is 1. The van der Waals surface area contributed by atoms with E-state index in [2.05, 4.69) is 6.92 Å². The van der Waals surface area contributed by atoms with E-state index in [-0.39, 0.29) is 17.9 Å². The van der Waals surface area contributed by atoms with Crippen molar-refractivity contribution in [1.82, 2.24) is 4.90 Å². The Kier molecular flexibility index (Phi) is 5.92. The minimum atomic E-state index is -0.359. The van der Waals surface area contributed by atoms with Crippen molar-refractivity contribution in [3.05, 3.63) is 0 Å². The number of hydrogen-bond acceptors (Lipinski definition) is 3. The molecule has 0 aromatic heterocycles. The standard InChI is InChI=1S/C13H26N2O2/c1-4-10(3)12(14)13(16)15(5-2)8-11-6-7-17-9-11/h10-12H,4-9,14H2,1-3H3/t10?,11?,12-/m0/s1. The third-order valence-electron chi connectivity index (χ3n) is 3.74. The number of rotatable bonds is 6. The van der Waals surface area contributed by atoms with Gasteiger partial charge in [-0.25, -0.2) is 0 Å². The van der Waals surface area contributed by atoms with Crippen molar-refractivity contribution in [2.24, 2.45) is 17.6 Å². The van der Waals surface area contributed by atoms with Gasteiger partial charge in [0.2, 0.25) is 5.91 Å². The van der Waals surface area contributed by atoms with Crippen LogP contribution in [0.25, 0.3) is 0 Å². The minimum Gasteiger partial charge on any atom is -0.381 e. The molecule has 1 fully saturated rings. The van der Waals surface area contributed by atoms with Crippen molar-refractivity contribution >= 4 is 5.91 Å². The first kappa shape index (κ1) is 14.5. The first-order valence-electron chi connectivity index (χ1n) is 6.72. The topological polar surface area (TPSA) is 55.6 Å². The Morgan fingerprint density at radius 1 is 1.53 bits per heavy atom. The zero-order valence-electron chi connectivity index (χ0n) is 11.3. The molecule has 0 spiro atoms. The van der Waals surface area contributed by atoms with Gasteiger partial charge in [0.15, 0.2) is 0 Å². The molecule has 4 nitrogen and oxygen atoms in total. The highest BCUT2D eigenvalue weighted by Crippen LogP contribution is 2.16. The van der Waals surface area contributed by atoms with Crippen LogP contribution in [0, 0.1) is 11.8 Å². The van der Waals surface area contributed by atoms with E-state index in [1.54, 1.807) is 0 Å².